The van der Waals surface area contributed by atoms with E-state index in [9.17, 15) is 14.7 Å². The minimum absolute atomic E-state index is 0.133. The predicted octanol–water partition coefficient (Wildman–Crippen LogP) is 2.40. The van der Waals surface area contributed by atoms with Gasteiger partial charge in [0.05, 0.1) is 6.10 Å². The van der Waals surface area contributed by atoms with Crippen molar-refractivity contribution in [2.75, 3.05) is 13.1 Å². The first-order valence-corrected chi connectivity index (χ1v) is 8.83. The van der Waals surface area contributed by atoms with Gasteiger partial charge in [0.25, 0.3) is 0 Å². The average Bonchev–Trinajstić information content (AvgIpc) is 2.70. The minimum atomic E-state index is -0.725. The third-order valence-corrected chi connectivity index (χ3v) is 3.74. The number of rotatable bonds is 9. The molecule has 5 heteroatoms. The van der Waals surface area contributed by atoms with E-state index in [0.29, 0.717) is 13.0 Å². The lowest BCUT2D eigenvalue weighted by atomic mass is 10.2. The molecule has 0 heterocycles. The Labute approximate surface area is 159 Å². The Bertz CT molecular complexity index is 771. The highest BCUT2D eigenvalue weighted by atomic mass is 16.3. The van der Waals surface area contributed by atoms with Gasteiger partial charge in [-0.3, -0.25) is 9.59 Å². The summed E-state index contributed by atoms with van der Waals surface area (Å²) in [5.74, 6) is -0.492. The molecular formula is C22H24N2O3. The van der Waals surface area contributed by atoms with Crippen LogP contribution in [0.5, 0.6) is 0 Å². The van der Waals surface area contributed by atoms with Crippen molar-refractivity contribution in [3.8, 4) is 0 Å². The van der Waals surface area contributed by atoms with Gasteiger partial charge in [-0.15, -0.1) is 0 Å². The topological polar surface area (TPSA) is 78.4 Å². The van der Waals surface area contributed by atoms with E-state index in [-0.39, 0.29) is 18.4 Å². The second-order valence-electron chi connectivity index (χ2n) is 5.97. The zero-order chi connectivity index (χ0) is 19.3. The molecule has 140 valence electrons. The van der Waals surface area contributed by atoms with Crippen LogP contribution in [0.3, 0.4) is 0 Å². The van der Waals surface area contributed by atoms with E-state index in [1.807, 2.05) is 60.7 Å². The molecule has 0 unspecified atom stereocenters. The number of aliphatic hydroxyl groups excluding tert-OH is 1. The van der Waals surface area contributed by atoms with Crippen molar-refractivity contribution >= 4 is 24.0 Å². The number of carbonyl (C=O) groups excluding carboxylic acids is 2. The highest BCUT2D eigenvalue weighted by Crippen LogP contribution is 2.01. The molecule has 0 saturated carbocycles. The molecule has 0 bridgehead atoms. The predicted molar refractivity (Wildman–Crippen MR) is 108 cm³/mol. The van der Waals surface area contributed by atoms with Crippen molar-refractivity contribution in [2.24, 2.45) is 0 Å². The molecule has 2 rings (SSSR count). The monoisotopic (exact) mass is 364 g/mol. The summed E-state index contributed by atoms with van der Waals surface area (Å²) in [5.41, 5.74) is 1.87. The van der Waals surface area contributed by atoms with Crippen LogP contribution < -0.4 is 10.6 Å². The molecule has 3 N–H and O–H groups in total. The lowest BCUT2D eigenvalue weighted by Crippen LogP contribution is -2.33. The van der Waals surface area contributed by atoms with Crippen molar-refractivity contribution in [3.05, 3.63) is 83.9 Å². The van der Waals surface area contributed by atoms with E-state index in [1.54, 1.807) is 12.2 Å². The van der Waals surface area contributed by atoms with Gasteiger partial charge < -0.3 is 15.7 Å². The molecule has 2 aromatic rings. The average molecular weight is 364 g/mol. The summed E-state index contributed by atoms with van der Waals surface area (Å²) < 4.78 is 0. The molecule has 0 aromatic heterocycles. The number of benzene rings is 2. The van der Waals surface area contributed by atoms with Gasteiger partial charge in [-0.2, -0.15) is 0 Å². The quantitative estimate of drug-likeness (QED) is 0.598. The Morgan fingerprint density at radius 2 is 1.30 bits per heavy atom. The maximum Gasteiger partial charge on any atom is 0.244 e. The van der Waals surface area contributed by atoms with Crippen molar-refractivity contribution in [1.82, 2.24) is 10.6 Å². The van der Waals surface area contributed by atoms with Gasteiger partial charge in [0.1, 0.15) is 0 Å². The van der Waals surface area contributed by atoms with Gasteiger partial charge in [0.2, 0.25) is 11.8 Å². The van der Waals surface area contributed by atoms with Crippen LogP contribution in [-0.2, 0) is 9.59 Å². The molecule has 2 amide bonds. The van der Waals surface area contributed by atoms with Crippen LogP contribution in [0.2, 0.25) is 0 Å². The van der Waals surface area contributed by atoms with Crippen LogP contribution in [0.25, 0.3) is 12.2 Å². The molecular weight excluding hydrogens is 340 g/mol. The summed E-state index contributed by atoms with van der Waals surface area (Å²) >= 11 is 0. The Morgan fingerprint density at radius 1 is 0.815 bits per heavy atom. The summed E-state index contributed by atoms with van der Waals surface area (Å²) in [7, 11) is 0. The summed E-state index contributed by atoms with van der Waals surface area (Å²) in [6.07, 6.45) is 5.95. The van der Waals surface area contributed by atoms with Gasteiger partial charge in [0.15, 0.2) is 0 Å². The summed E-state index contributed by atoms with van der Waals surface area (Å²) in [5, 5.41) is 15.2. The second-order valence-corrected chi connectivity index (χ2v) is 5.97. The van der Waals surface area contributed by atoms with Crippen LogP contribution in [0.1, 0.15) is 17.5 Å². The maximum atomic E-state index is 11.7. The first-order chi connectivity index (χ1) is 13.1. The van der Waals surface area contributed by atoms with Crippen LogP contribution in [0.4, 0.5) is 0 Å². The molecule has 0 saturated heterocycles. The second kappa shape index (κ2) is 11.4. The van der Waals surface area contributed by atoms with Gasteiger partial charge in [-0.1, -0.05) is 60.7 Å². The molecule has 0 radical (unpaired) electrons. The molecule has 2 aromatic carbocycles. The van der Waals surface area contributed by atoms with E-state index >= 15 is 0 Å². The molecule has 0 aliphatic heterocycles. The van der Waals surface area contributed by atoms with Gasteiger partial charge >= 0.3 is 0 Å². The normalized spacial score (nSPS) is 12.2. The SMILES string of the molecule is O=C(C=Cc1ccccc1)NCC[C@@H](O)CNC(=O)C=Cc1ccccc1. The fraction of sp³-hybridized carbons (Fsp3) is 0.182. The molecule has 0 fully saturated rings. The van der Waals surface area contributed by atoms with Crippen molar-refractivity contribution in [2.45, 2.75) is 12.5 Å². The van der Waals surface area contributed by atoms with E-state index < -0.39 is 6.10 Å². The first kappa shape index (κ1) is 20.1. The Kier molecular flexibility index (Phi) is 8.53. The molecule has 1 atom stereocenters. The van der Waals surface area contributed by atoms with Crippen LogP contribution in [-0.4, -0.2) is 36.1 Å². The van der Waals surface area contributed by atoms with E-state index in [2.05, 4.69) is 10.6 Å². The van der Waals surface area contributed by atoms with Crippen LogP contribution in [0, 0.1) is 0 Å². The number of nitrogens with one attached hydrogen (secondary N) is 2. The van der Waals surface area contributed by atoms with Gasteiger partial charge in [-0.05, 0) is 29.7 Å². The van der Waals surface area contributed by atoms with E-state index in [1.165, 1.54) is 12.2 Å². The zero-order valence-corrected chi connectivity index (χ0v) is 15.0. The summed E-state index contributed by atoms with van der Waals surface area (Å²) in [4.78, 5) is 23.5. The Morgan fingerprint density at radius 3 is 1.81 bits per heavy atom. The molecule has 5 nitrogen and oxygen atoms in total. The first-order valence-electron chi connectivity index (χ1n) is 8.83. The third kappa shape index (κ3) is 8.65. The summed E-state index contributed by atoms with van der Waals surface area (Å²) in [6, 6.07) is 19.0. The standard InChI is InChI=1S/C22H24N2O3/c25-20(17-24-22(27)14-12-19-9-5-2-6-10-19)15-16-23-21(26)13-11-18-7-3-1-4-8-18/h1-14,20,25H,15-17H2,(H,23,26)(H,24,27)/t20-/m1/s1. The highest BCUT2D eigenvalue weighted by molar-refractivity contribution is 5.92. The van der Waals surface area contributed by atoms with Crippen molar-refractivity contribution in [3.63, 3.8) is 0 Å². The highest BCUT2D eigenvalue weighted by Gasteiger charge is 2.06. The number of hydrogen-bond acceptors (Lipinski definition) is 3. The lowest BCUT2D eigenvalue weighted by molar-refractivity contribution is -0.117. The number of amides is 2. The fourth-order valence-corrected chi connectivity index (χ4v) is 2.27. The Balaban J connectivity index is 1.61. The van der Waals surface area contributed by atoms with Crippen molar-refractivity contribution < 1.29 is 14.7 Å². The van der Waals surface area contributed by atoms with Crippen LogP contribution >= 0.6 is 0 Å². The minimum Gasteiger partial charge on any atom is -0.391 e. The third-order valence-electron chi connectivity index (χ3n) is 3.74. The maximum absolute atomic E-state index is 11.7. The molecule has 0 spiro atoms. The number of hydrogen-bond donors (Lipinski definition) is 3. The molecule has 27 heavy (non-hydrogen) atoms. The van der Waals surface area contributed by atoms with Gasteiger partial charge in [-0.25, -0.2) is 0 Å². The fourth-order valence-electron chi connectivity index (χ4n) is 2.27. The smallest absolute Gasteiger partial charge is 0.244 e. The summed E-state index contributed by atoms with van der Waals surface area (Å²) in [6.45, 7) is 0.461. The van der Waals surface area contributed by atoms with E-state index in [0.717, 1.165) is 11.1 Å². The zero-order valence-electron chi connectivity index (χ0n) is 15.0. The molecule has 0 aliphatic carbocycles. The Hall–Kier alpha value is -3.18. The largest absolute Gasteiger partial charge is 0.391 e. The van der Waals surface area contributed by atoms with Crippen molar-refractivity contribution in [1.29, 1.82) is 0 Å². The van der Waals surface area contributed by atoms with E-state index in [4.69, 9.17) is 0 Å². The number of aliphatic hydroxyl groups is 1. The van der Waals surface area contributed by atoms with Crippen LogP contribution in [0.15, 0.2) is 72.8 Å². The lowest BCUT2D eigenvalue weighted by Gasteiger charge is -2.11. The number of carbonyl (C=O) groups is 2. The molecule has 0 aliphatic rings. The van der Waals surface area contributed by atoms with Gasteiger partial charge in [0, 0.05) is 25.2 Å².